The van der Waals surface area contributed by atoms with Crippen LogP contribution in [0.3, 0.4) is 0 Å². The predicted molar refractivity (Wildman–Crippen MR) is 22.7 cm³/mol. The number of hydrogen-bond donors (Lipinski definition) is 0. The molecule has 0 spiro atoms. The van der Waals surface area contributed by atoms with Crippen LogP contribution in [-0.4, -0.2) is 17.1 Å². The maximum Gasteiger partial charge on any atom is 0.451 e. The van der Waals surface area contributed by atoms with Crippen molar-refractivity contribution < 1.29 is 14.5 Å². The summed E-state index contributed by atoms with van der Waals surface area (Å²) in [4.78, 5) is 27.5. The van der Waals surface area contributed by atoms with Crippen LogP contribution < -0.4 is 0 Å². The maximum atomic E-state index is 9.81. The molecule has 0 unspecified atom stereocenters. The minimum Gasteiger partial charge on any atom is -0.303 e. The Kier molecular flexibility index (Phi) is 2.39. The van der Waals surface area contributed by atoms with E-state index in [0.717, 1.165) is 0 Å². The number of nitrogens with zero attached hydrogens (tertiary/aromatic N) is 1. The summed E-state index contributed by atoms with van der Waals surface area (Å²) in [5.74, 6) is -1.26. The van der Waals surface area contributed by atoms with E-state index in [4.69, 9.17) is 0 Å². The van der Waals surface area contributed by atoms with Crippen LogP contribution in [0.1, 0.15) is 6.42 Å². The Labute approximate surface area is 44.4 Å². The van der Waals surface area contributed by atoms with Crippen molar-refractivity contribution in [2.24, 2.45) is 0 Å². The second kappa shape index (κ2) is 2.84. The fraction of sp³-hybridized carbons (Fsp3) is 0.333. The highest BCUT2D eigenvalue weighted by Gasteiger charge is 2.11. The van der Waals surface area contributed by atoms with Crippen LogP contribution in [-0.2, 0) is 9.59 Å². The standard InChI is InChI=1S/C3H3NO4/c5-2-1-3(6)4(7)8/h2H,1H2. The molecule has 0 N–H and O–H groups in total. The lowest BCUT2D eigenvalue weighted by molar-refractivity contribution is -0.401. The van der Waals surface area contributed by atoms with Gasteiger partial charge in [-0.3, -0.25) is 10.1 Å². The zero-order chi connectivity index (χ0) is 6.57. The third-order valence-corrected chi connectivity index (χ3v) is 0.462. The van der Waals surface area contributed by atoms with Crippen molar-refractivity contribution in [3.63, 3.8) is 0 Å². The molecular formula is C3H3NO4. The maximum absolute atomic E-state index is 9.81. The summed E-state index contributed by atoms with van der Waals surface area (Å²) in [5.41, 5.74) is 0. The van der Waals surface area contributed by atoms with E-state index in [0.29, 0.717) is 0 Å². The van der Waals surface area contributed by atoms with Crippen LogP contribution in [0.4, 0.5) is 0 Å². The van der Waals surface area contributed by atoms with Crippen LogP contribution in [0, 0.1) is 10.1 Å². The average Bonchev–Trinajstić information content (AvgIpc) is 1.67. The van der Waals surface area contributed by atoms with Gasteiger partial charge in [0.1, 0.15) is 17.6 Å². The summed E-state index contributed by atoms with van der Waals surface area (Å²) < 4.78 is 0. The highest BCUT2D eigenvalue weighted by Crippen LogP contribution is 1.76. The molecule has 0 aromatic rings. The van der Waals surface area contributed by atoms with Gasteiger partial charge in [-0.15, -0.1) is 0 Å². The Morgan fingerprint density at radius 1 is 1.75 bits per heavy atom. The van der Waals surface area contributed by atoms with Crippen LogP contribution in [0.2, 0.25) is 0 Å². The lowest BCUT2D eigenvalue weighted by Crippen LogP contribution is -2.10. The van der Waals surface area contributed by atoms with Crippen LogP contribution in [0.25, 0.3) is 0 Å². The van der Waals surface area contributed by atoms with Crippen molar-refractivity contribution in [2.75, 3.05) is 0 Å². The van der Waals surface area contributed by atoms with Gasteiger partial charge >= 0.3 is 5.91 Å². The van der Waals surface area contributed by atoms with Crippen molar-refractivity contribution in [2.45, 2.75) is 6.42 Å². The number of amides is 1. The first-order chi connectivity index (χ1) is 3.68. The van der Waals surface area contributed by atoms with Crippen molar-refractivity contribution in [3.05, 3.63) is 10.1 Å². The molecule has 0 aromatic carbocycles. The molecule has 0 fully saturated rings. The van der Waals surface area contributed by atoms with Crippen molar-refractivity contribution in [3.8, 4) is 0 Å². The lowest BCUT2D eigenvalue weighted by Gasteiger charge is -1.77. The third kappa shape index (κ3) is 2.01. The quantitative estimate of drug-likeness (QED) is 0.209. The minimum atomic E-state index is -1.26. The van der Waals surface area contributed by atoms with Gasteiger partial charge in [0.25, 0.3) is 0 Å². The predicted octanol–water partition coefficient (Wildman–Crippen LogP) is -0.621. The fourth-order valence-corrected chi connectivity index (χ4v) is 0.146. The van der Waals surface area contributed by atoms with E-state index in [1.165, 1.54) is 0 Å². The molecule has 0 aliphatic rings. The zero-order valence-corrected chi connectivity index (χ0v) is 3.86. The average molecular weight is 117 g/mol. The number of nitro groups is 1. The molecular weight excluding hydrogens is 114 g/mol. The van der Waals surface area contributed by atoms with Gasteiger partial charge in [-0.25, -0.2) is 4.79 Å². The Hall–Kier alpha value is -1.26. The Morgan fingerprint density at radius 2 is 2.25 bits per heavy atom. The monoisotopic (exact) mass is 117 g/mol. The minimum absolute atomic E-state index is 0.200. The van der Waals surface area contributed by atoms with E-state index in [2.05, 4.69) is 0 Å². The van der Waals surface area contributed by atoms with Gasteiger partial charge in [-0.2, -0.15) is 0 Å². The summed E-state index contributed by atoms with van der Waals surface area (Å²) in [6.45, 7) is 0. The molecule has 0 aromatic heterocycles. The third-order valence-electron chi connectivity index (χ3n) is 0.462. The van der Waals surface area contributed by atoms with Crippen LogP contribution >= 0.6 is 0 Å². The molecule has 0 saturated carbocycles. The Balaban J connectivity index is 3.65. The van der Waals surface area contributed by atoms with Crippen LogP contribution in [0.15, 0.2) is 0 Å². The smallest absolute Gasteiger partial charge is 0.303 e. The van der Waals surface area contributed by atoms with Gasteiger partial charge in [-0.1, -0.05) is 0 Å². The second-order valence-electron chi connectivity index (χ2n) is 1.02. The number of aldehydes is 1. The van der Waals surface area contributed by atoms with Crippen molar-refractivity contribution >= 4 is 12.2 Å². The van der Waals surface area contributed by atoms with Crippen molar-refractivity contribution in [1.82, 2.24) is 0 Å². The summed E-state index contributed by atoms with van der Waals surface area (Å²) in [6, 6.07) is 0. The van der Waals surface area contributed by atoms with E-state index >= 15 is 0 Å². The van der Waals surface area contributed by atoms with Gasteiger partial charge < -0.3 is 4.79 Å². The molecule has 0 heterocycles. The van der Waals surface area contributed by atoms with E-state index in [-0.39, 0.29) is 6.29 Å². The molecule has 0 aliphatic heterocycles. The molecule has 8 heavy (non-hydrogen) atoms. The molecule has 5 nitrogen and oxygen atoms in total. The van der Waals surface area contributed by atoms with Gasteiger partial charge in [0.2, 0.25) is 0 Å². The summed E-state index contributed by atoms with van der Waals surface area (Å²) >= 11 is 0. The molecule has 5 heteroatoms. The number of rotatable bonds is 2. The largest absolute Gasteiger partial charge is 0.451 e. The van der Waals surface area contributed by atoms with Crippen LogP contribution in [0.5, 0.6) is 0 Å². The summed E-state index contributed by atoms with van der Waals surface area (Å²) in [5, 5.41) is 9.39. The van der Waals surface area contributed by atoms with Gasteiger partial charge in [-0.05, 0) is 0 Å². The highest BCUT2D eigenvalue weighted by molar-refractivity contribution is 5.82. The summed E-state index contributed by atoms with van der Waals surface area (Å²) in [6.07, 6.45) is -0.432. The molecule has 0 rings (SSSR count). The Morgan fingerprint density at radius 3 is 2.38 bits per heavy atom. The SMILES string of the molecule is O=CCC(=O)[N+](=O)[O-]. The van der Waals surface area contributed by atoms with E-state index in [1.54, 1.807) is 0 Å². The fourth-order valence-electron chi connectivity index (χ4n) is 0.146. The molecule has 0 radical (unpaired) electrons. The lowest BCUT2D eigenvalue weighted by atomic mass is 10.5. The van der Waals surface area contributed by atoms with Gasteiger partial charge in [0, 0.05) is 0 Å². The van der Waals surface area contributed by atoms with E-state index in [9.17, 15) is 19.7 Å². The number of carbonyl (C=O) groups excluding carboxylic acids is 2. The van der Waals surface area contributed by atoms with Gasteiger partial charge in [0.15, 0.2) is 0 Å². The van der Waals surface area contributed by atoms with E-state index < -0.39 is 17.3 Å². The molecule has 0 saturated heterocycles. The highest BCUT2D eigenvalue weighted by atomic mass is 16.6. The number of hydrogen-bond acceptors (Lipinski definition) is 4. The topological polar surface area (TPSA) is 77.3 Å². The van der Waals surface area contributed by atoms with Crippen molar-refractivity contribution in [1.29, 1.82) is 0 Å². The number of carbonyl (C=O) groups is 2. The second-order valence-corrected chi connectivity index (χ2v) is 1.02. The first-order valence-corrected chi connectivity index (χ1v) is 1.79. The zero-order valence-electron chi connectivity index (χ0n) is 3.86. The van der Waals surface area contributed by atoms with Gasteiger partial charge in [0.05, 0.1) is 0 Å². The first kappa shape index (κ1) is 6.74. The normalized spacial score (nSPS) is 8.00. The first-order valence-electron chi connectivity index (χ1n) is 1.79. The molecule has 44 valence electrons. The summed E-state index contributed by atoms with van der Waals surface area (Å²) in [7, 11) is 0. The molecule has 0 aliphatic carbocycles. The Bertz CT molecular complexity index is 129. The van der Waals surface area contributed by atoms with E-state index in [1.807, 2.05) is 0 Å². The molecule has 0 bridgehead atoms. The molecule has 0 atom stereocenters. The molecule has 1 amide bonds.